The molecule has 7 rings (SSSR count). The zero-order valence-corrected chi connectivity index (χ0v) is 21.7. The summed E-state index contributed by atoms with van der Waals surface area (Å²) in [6.45, 7) is 1.19. The maximum absolute atomic E-state index is 14.1. The van der Waals surface area contributed by atoms with Crippen LogP contribution in [-0.2, 0) is 13.1 Å². The molecule has 4 aromatic carbocycles. The molecule has 190 valence electrons. The molecule has 38 heavy (non-hydrogen) atoms. The topological polar surface area (TPSA) is 32.3 Å². The average Bonchev–Trinajstić information content (AvgIpc) is 3.61. The SMILES string of the molecule is O=C(c1ccc2c(c1)[C@@H]1[C@H]3CC[C@@H](C3)[C@H]1[C@@H](c1ccccc1)N2)N(Cc1ccccc1)Cc1ccccc1. The minimum atomic E-state index is 0.102. The lowest BCUT2D eigenvalue weighted by atomic mass is 9.68. The lowest BCUT2D eigenvalue weighted by Crippen LogP contribution is -2.36. The highest BCUT2D eigenvalue weighted by atomic mass is 16.2. The van der Waals surface area contributed by atoms with E-state index >= 15 is 0 Å². The van der Waals surface area contributed by atoms with Crippen molar-refractivity contribution in [2.24, 2.45) is 17.8 Å². The van der Waals surface area contributed by atoms with Crippen LogP contribution < -0.4 is 5.32 Å². The number of carbonyl (C=O) groups is 1. The van der Waals surface area contributed by atoms with Gasteiger partial charge in [0.05, 0.1) is 6.04 Å². The van der Waals surface area contributed by atoms with Gasteiger partial charge in [0.2, 0.25) is 0 Å². The van der Waals surface area contributed by atoms with Crippen LogP contribution in [0.4, 0.5) is 5.69 Å². The van der Waals surface area contributed by atoms with Crippen molar-refractivity contribution in [3.63, 3.8) is 0 Å². The molecule has 3 nitrogen and oxygen atoms in total. The summed E-state index contributed by atoms with van der Waals surface area (Å²) in [6, 6.07) is 38.4. The number of nitrogens with one attached hydrogen (secondary N) is 1. The molecule has 1 N–H and O–H groups in total. The lowest BCUT2D eigenvalue weighted by Gasteiger charge is -2.43. The fraction of sp³-hybridized carbons (Fsp3) is 0.286. The van der Waals surface area contributed by atoms with E-state index in [0.29, 0.717) is 31.0 Å². The van der Waals surface area contributed by atoms with Crippen molar-refractivity contribution >= 4 is 11.6 Å². The Morgan fingerprint density at radius 2 is 1.34 bits per heavy atom. The second-order valence-corrected chi connectivity index (χ2v) is 11.4. The van der Waals surface area contributed by atoms with E-state index in [4.69, 9.17) is 0 Å². The summed E-state index contributed by atoms with van der Waals surface area (Å²) in [5.74, 6) is 2.72. The van der Waals surface area contributed by atoms with Crippen molar-refractivity contribution in [2.75, 3.05) is 5.32 Å². The molecule has 0 spiro atoms. The van der Waals surface area contributed by atoms with E-state index < -0.39 is 0 Å². The zero-order valence-electron chi connectivity index (χ0n) is 21.7. The summed E-state index contributed by atoms with van der Waals surface area (Å²) in [5, 5.41) is 3.92. The number of hydrogen-bond donors (Lipinski definition) is 1. The summed E-state index contributed by atoms with van der Waals surface area (Å²) < 4.78 is 0. The first-order chi connectivity index (χ1) is 18.7. The van der Waals surface area contributed by atoms with Crippen molar-refractivity contribution in [1.82, 2.24) is 4.90 Å². The Morgan fingerprint density at radius 3 is 2.00 bits per heavy atom. The van der Waals surface area contributed by atoms with Crippen LogP contribution in [0.2, 0.25) is 0 Å². The Labute approximate surface area is 225 Å². The number of hydrogen-bond acceptors (Lipinski definition) is 2. The van der Waals surface area contributed by atoms with Crippen LogP contribution in [0, 0.1) is 17.8 Å². The third kappa shape index (κ3) is 4.20. The molecular formula is C35H34N2O. The van der Waals surface area contributed by atoms with Gasteiger partial charge in [-0.1, -0.05) is 91.0 Å². The number of rotatable bonds is 6. The van der Waals surface area contributed by atoms with Gasteiger partial charge in [0.1, 0.15) is 0 Å². The first kappa shape index (κ1) is 23.3. The van der Waals surface area contributed by atoms with E-state index in [0.717, 1.165) is 28.5 Å². The first-order valence-corrected chi connectivity index (χ1v) is 14.1. The summed E-state index contributed by atoms with van der Waals surface area (Å²) in [5.41, 5.74) is 7.06. The van der Waals surface area contributed by atoms with E-state index in [1.807, 2.05) is 47.4 Å². The minimum absolute atomic E-state index is 0.102. The molecule has 3 heteroatoms. The number of fused-ring (bicyclic) bond motifs is 7. The molecule has 0 saturated heterocycles. The molecule has 1 aliphatic heterocycles. The smallest absolute Gasteiger partial charge is 0.254 e. The number of amides is 1. The van der Waals surface area contributed by atoms with Gasteiger partial charge in [-0.15, -0.1) is 0 Å². The molecule has 5 atom stereocenters. The summed E-state index contributed by atoms with van der Waals surface area (Å²) >= 11 is 0. The highest BCUT2D eigenvalue weighted by molar-refractivity contribution is 5.95. The molecule has 0 unspecified atom stereocenters. The van der Waals surface area contributed by atoms with Crippen LogP contribution in [0.3, 0.4) is 0 Å². The van der Waals surface area contributed by atoms with Gasteiger partial charge >= 0.3 is 0 Å². The van der Waals surface area contributed by atoms with Crippen LogP contribution in [0.25, 0.3) is 0 Å². The van der Waals surface area contributed by atoms with Gasteiger partial charge in [0.15, 0.2) is 0 Å². The summed E-state index contributed by atoms with van der Waals surface area (Å²) in [6.07, 6.45) is 3.98. The molecule has 0 radical (unpaired) electrons. The van der Waals surface area contributed by atoms with Gasteiger partial charge in [-0.25, -0.2) is 0 Å². The Kier molecular flexibility index (Phi) is 6.00. The van der Waals surface area contributed by atoms with E-state index in [9.17, 15) is 4.79 Å². The van der Waals surface area contributed by atoms with Gasteiger partial charge in [0.25, 0.3) is 5.91 Å². The molecule has 1 heterocycles. The van der Waals surface area contributed by atoms with E-state index in [-0.39, 0.29) is 5.91 Å². The third-order valence-electron chi connectivity index (χ3n) is 9.21. The maximum atomic E-state index is 14.1. The average molecular weight is 499 g/mol. The number of carbonyl (C=O) groups excluding carboxylic acids is 1. The summed E-state index contributed by atoms with van der Waals surface area (Å²) in [4.78, 5) is 16.1. The van der Waals surface area contributed by atoms with Gasteiger partial charge in [-0.3, -0.25) is 4.79 Å². The van der Waals surface area contributed by atoms with E-state index in [2.05, 4.69) is 72.0 Å². The number of anilines is 1. The van der Waals surface area contributed by atoms with Crippen LogP contribution in [0.15, 0.2) is 109 Å². The van der Waals surface area contributed by atoms with Gasteiger partial charge in [-0.05, 0) is 83.4 Å². The molecule has 4 aromatic rings. The highest BCUT2D eigenvalue weighted by Gasteiger charge is 2.53. The molecule has 2 aliphatic carbocycles. The predicted molar refractivity (Wildman–Crippen MR) is 153 cm³/mol. The summed E-state index contributed by atoms with van der Waals surface area (Å²) in [7, 11) is 0. The monoisotopic (exact) mass is 498 g/mol. The fourth-order valence-electron chi connectivity index (χ4n) is 7.60. The quantitative estimate of drug-likeness (QED) is 0.294. The van der Waals surface area contributed by atoms with Crippen molar-refractivity contribution in [3.05, 3.63) is 137 Å². The predicted octanol–water partition coefficient (Wildman–Crippen LogP) is 7.83. The van der Waals surface area contributed by atoms with Gasteiger partial charge < -0.3 is 10.2 Å². The van der Waals surface area contributed by atoms with E-state index in [1.54, 1.807) is 0 Å². The minimum Gasteiger partial charge on any atom is -0.378 e. The molecule has 1 amide bonds. The molecule has 2 fully saturated rings. The Morgan fingerprint density at radius 1 is 0.737 bits per heavy atom. The fourth-order valence-corrected chi connectivity index (χ4v) is 7.60. The number of nitrogens with zero attached hydrogens (tertiary/aromatic N) is 1. The largest absolute Gasteiger partial charge is 0.378 e. The van der Waals surface area contributed by atoms with Crippen LogP contribution >= 0.6 is 0 Å². The van der Waals surface area contributed by atoms with Crippen LogP contribution in [0.1, 0.15) is 63.8 Å². The second kappa shape index (κ2) is 9.79. The first-order valence-electron chi connectivity index (χ1n) is 14.1. The molecule has 3 aliphatic rings. The lowest BCUT2D eigenvalue weighted by molar-refractivity contribution is 0.0729. The molecule has 2 bridgehead atoms. The molecular weight excluding hydrogens is 464 g/mol. The number of benzene rings is 4. The normalized spacial score (nSPS) is 24.8. The zero-order chi connectivity index (χ0) is 25.5. The maximum Gasteiger partial charge on any atom is 0.254 e. The van der Waals surface area contributed by atoms with Crippen LogP contribution in [-0.4, -0.2) is 10.8 Å². The molecule has 2 saturated carbocycles. The van der Waals surface area contributed by atoms with Crippen molar-refractivity contribution in [1.29, 1.82) is 0 Å². The Bertz CT molecular complexity index is 1380. The Balaban J connectivity index is 1.23. The highest BCUT2D eigenvalue weighted by Crippen LogP contribution is 2.63. The van der Waals surface area contributed by atoms with Crippen molar-refractivity contribution in [2.45, 2.75) is 44.3 Å². The van der Waals surface area contributed by atoms with Crippen molar-refractivity contribution < 1.29 is 4.79 Å². The van der Waals surface area contributed by atoms with E-state index in [1.165, 1.54) is 36.1 Å². The van der Waals surface area contributed by atoms with Gasteiger partial charge in [-0.2, -0.15) is 0 Å². The van der Waals surface area contributed by atoms with Crippen molar-refractivity contribution in [3.8, 4) is 0 Å². The standard InChI is InChI=1S/C35H34N2O/c38-35(37(22-24-10-4-1-5-11-24)23-25-12-6-2-7-13-25)29-18-19-31-30(21-29)32-27-16-17-28(20-27)33(32)34(36-31)26-14-8-3-9-15-26/h1-15,18-19,21,27-28,32-34,36H,16-17,20,22-23H2/t27-,28-,32-,33+,34+/m0/s1. The van der Waals surface area contributed by atoms with Crippen LogP contribution in [0.5, 0.6) is 0 Å². The Hall–Kier alpha value is -3.85. The van der Waals surface area contributed by atoms with Gasteiger partial charge in [0, 0.05) is 24.3 Å². The second-order valence-electron chi connectivity index (χ2n) is 11.4. The third-order valence-corrected chi connectivity index (χ3v) is 9.21. The molecule has 0 aromatic heterocycles.